The number of hydrogen-bond donors (Lipinski definition) is 3. The van der Waals surface area contributed by atoms with Gasteiger partial charge in [-0.2, -0.15) is 0 Å². The van der Waals surface area contributed by atoms with Crippen LogP contribution in [-0.4, -0.2) is 73.6 Å². The van der Waals surface area contributed by atoms with Crippen LogP contribution < -0.4 is 0 Å². The van der Waals surface area contributed by atoms with E-state index in [1.165, 1.54) is 0 Å². The minimum Gasteiger partial charge on any atom is -0.394 e. The van der Waals surface area contributed by atoms with Crippen molar-refractivity contribution in [1.29, 1.82) is 0 Å². The maximum absolute atomic E-state index is 8.40. The van der Waals surface area contributed by atoms with Crippen LogP contribution >= 0.6 is 0 Å². The third-order valence-electron chi connectivity index (χ3n) is 1.34. The Morgan fingerprint density at radius 2 is 1.10 bits per heavy atom. The van der Waals surface area contributed by atoms with Crippen molar-refractivity contribution in [3.63, 3.8) is 0 Å². The van der Waals surface area contributed by atoms with Crippen LogP contribution in [0.5, 0.6) is 0 Å². The Morgan fingerprint density at radius 3 is 1.35 bits per heavy atom. The van der Waals surface area contributed by atoms with Gasteiger partial charge in [0.1, 0.15) is 0 Å². The lowest BCUT2D eigenvalue weighted by Crippen LogP contribution is -2.28. The van der Waals surface area contributed by atoms with Gasteiger partial charge in [-0.1, -0.05) is 12.2 Å². The standard InChI is InChI=1S/C6H15NO6.C6H10O/c8-1-4-11-7(12-5-2-9)13-6-3-10;1-3-5-7-6-4-2/h8-10H,1-6H2;3-4H,1-2,5-6H2. The van der Waals surface area contributed by atoms with Crippen molar-refractivity contribution in [2.75, 3.05) is 52.9 Å². The molecule has 0 amide bonds. The average molecular weight is 295 g/mol. The lowest BCUT2D eigenvalue weighted by atomic mass is 10.6. The molecule has 0 aromatic rings. The van der Waals surface area contributed by atoms with E-state index in [9.17, 15) is 0 Å². The first-order valence-corrected chi connectivity index (χ1v) is 6.07. The smallest absolute Gasteiger partial charge is 0.0967 e. The molecule has 120 valence electrons. The van der Waals surface area contributed by atoms with Gasteiger partial charge >= 0.3 is 0 Å². The zero-order valence-electron chi connectivity index (χ0n) is 11.6. The van der Waals surface area contributed by atoms with Gasteiger partial charge in [-0.05, 0) is 0 Å². The second-order valence-electron chi connectivity index (χ2n) is 3.01. The molecule has 0 rings (SSSR count). The summed E-state index contributed by atoms with van der Waals surface area (Å²) in [5.41, 5.74) is 0. The van der Waals surface area contributed by atoms with Crippen LogP contribution in [0.25, 0.3) is 0 Å². The summed E-state index contributed by atoms with van der Waals surface area (Å²) in [6.45, 7) is 7.68. The normalized spacial score (nSPS) is 10.0. The van der Waals surface area contributed by atoms with Gasteiger partial charge in [0.2, 0.25) is 0 Å². The van der Waals surface area contributed by atoms with Gasteiger partial charge in [-0.15, -0.1) is 13.2 Å². The molecule has 0 unspecified atom stereocenters. The molecule has 8 nitrogen and oxygen atoms in total. The molecule has 8 heteroatoms. The van der Waals surface area contributed by atoms with E-state index >= 15 is 0 Å². The fourth-order valence-corrected chi connectivity index (χ4v) is 0.693. The van der Waals surface area contributed by atoms with E-state index in [2.05, 4.69) is 13.2 Å². The molecule has 0 fully saturated rings. The van der Waals surface area contributed by atoms with Crippen molar-refractivity contribution in [2.24, 2.45) is 0 Å². The van der Waals surface area contributed by atoms with Crippen LogP contribution in [-0.2, 0) is 19.2 Å². The number of rotatable bonds is 13. The minimum atomic E-state index is -0.179. The summed E-state index contributed by atoms with van der Waals surface area (Å²) in [4.78, 5) is 14.1. The molecule has 0 aliphatic carbocycles. The molecule has 0 radical (unpaired) electrons. The Morgan fingerprint density at radius 1 is 0.750 bits per heavy atom. The van der Waals surface area contributed by atoms with Gasteiger partial charge in [-0.25, -0.2) is 14.5 Å². The van der Waals surface area contributed by atoms with Crippen LogP contribution in [0.3, 0.4) is 0 Å². The van der Waals surface area contributed by atoms with Crippen molar-refractivity contribution < 1.29 is 34.6 Å². The maximum atomic E-state index is 8.40. The van der Waals surface area contributed by atoms with Crippen molar-refractivity contribution in [3.8, 4) is 0 Å². The molecule has 0 aliphatic rings. The van der Waals surface area contributed by atoms with E-state index in [0.29, 0.717) is 18.6 Å². The number of nitrogens with zero attached hydrogens (tertiary/aromatic N) is 1. The van der Waals surface area contributed by atoms with E-state index in [4.69, 9.17) is 34.6 Å². The molecule has 0 aliphatic heterocycles. The summed E-state index contributed by atoms with van der Waals surface area (Å²) in [5.74, 6) is 0. The highest BCUT2D eigenvalue weighted by atomic mass is 17.2. The van der Waals surface area contributed by atoms with Crippen LogP contribution in [0.4, 0.5) is 0 Å². The van der Waals surface area contributed by atoms with Crippen molar-refractivity contribution in [3.05, 3.63) is 25.3 Å². The van der Waals surface area contributed by atoms with Gasteiger partial charge < -0.3 is 20.1 Å². The third-order valence-corrected chi connectivity index (χ3v) is 1.34. The molecule has 0 saturated heterocycles. The van der Waals surface area contributed by atoms with Crippen LogP contribution in [0.15, 0.2) is 25.3 Å². The van der Waals surface area contributed by atoms with Crippen molar-refractivity contribution >= 4 is 0 Å². The second-order valence-corrected chi connectivity index (χ2v) is 3.01. The molecule has 3 N–H and O–H groups in total. The Hall–Kier alpha value is -0.840. The van der Waals surface area contributed by atoms with Gasteiger partial charge in [0, 0.05) is 0 Å². The van der Waals surface area contributed by atoms with E-state index in [1.54, 1.807) is 12.2 Å². The third kappa shape index (κ3) is 19.5. The molecule has 0 heterocycles. The highest BCUT2D eigenvalue weighted by Crippen LogP contribution is 1.93. The van der Waals surface area contributed by atoms with Gasteiger partial charge in [0.05, 0.1) is 58.2 Å². The Labute approximate surface area is 119 Å². The Bertz CT molecular complexity index is 177. The largest absolute Gasteiger partial charge is 0.394 e. The zero-order chi connectivity index (χ0) is 15.5. The monoisotopic (exact) mass is 295 g/mol. The topological polar surface area (TPSA) is 101 Å². The fourth-order valence-electron chi connectivity index (χ4n) is 0.693. The average Bonchev–Trinajstić information content (AvgIpc) is 2.48. The Kier molecular flexibility index (Phi) is 22.0. The quantitative estimate of drug-likeness (QED) is 0.236. The molecule has 0 saturated carbocycles. The van der Waals surface area contributed by atoms with Crippen LogP contribution in [0.2, 0.25) is 0 Å². The van der Waals surface area contributed by atoms with E-state index < -0.39 is 0 Å². The summed E-state index contributed by atoms with van der Waals surface area (Å²) < 4.78 is 4.90. The molecule has 0 aromatic carbocycles. The number of aliphatic hydroxyl groups is 3. The summed E-state index contributed by atoms with van der Waals surface area (Å²) >= 11 is 0. The lowest BCUT2D eigenvalue weighted by Gasteiger charge is -2.17. The number of hydrogen-bond acceptors (Lipinski definition) is 8. The van der Waals surface area contributed by atoms with Gasteiger partial charge in [-0.3, -0.25) is 0 Å². The van der Waals surface area contributed by atoms with Crippen molar-refractivity contribution in [2.45, 2.75) is 0 Å². The summed E-state index contributed by atoms with van der Waals surface area (Å²) in [6, 6.07) is 0. The van der Waals surface area contributed by atoms with Crippen LogP contribution in [0, 0.1) is 0 Å². The molecular weight excluding hydrogens is 270 g/mol. The number of aliphatic hydroxyl groups excluding tert-OH is 3. The second kappa shape index (κ2) is 20.5. The van der Waals surface area contributed by atoms with Gasteiger partial charge in [0.15, 0.2) is 0 Å². The summed E-state index contributed by atoms with van der Waals surface area (Å²) in [5, 5.41) is 25.9. The first-order valence-electron chi connectivity index (χ1n) is 6.07. The minimum absolute atomic E-state index is 0.0108. The predicted molar refractivity (Wildman–Crippen MR) is 72.2 cm³/mol. The van der Waals surface area contributed by atoms with E-state index in [1.807, 2.05) is 0 Å². The lowest BCUT2D eigenvalue weighted by molar-refractivity contribution is -0.527. The molecule has 0 spiro atoms. The van der Waals surface area contributed by atoms with Crippen LogP contribution in [0.1, 0.15) is 0 Å². The highest BCUT2D eigenvalue weighted by molar-refractivity contribution is 4.68. The van der Waals surface area contributed by atoms with Gasteiger partial charge in [0.25, 0.3) is 0 Å². The SMILES string of the molecule is C=CCOCC=C.OCCON(OCCO)OCCO. The molecule has 0 atom stereocenters. The number of ether oxygens (including phenoxy) is 1. The highest BCUT2D eigenvalue weighted by Gasteiger charge is 2.05. The molecular formula is C12H25NO7. The predicted octanol–water partition coefficient (Wildman–Crippen LogP) is -0.565. The molecule has 20 heavy (non-hydrogen) atoms. The summed E-state index contributed by atoms with van der Waals surface area (Å²) in [7, 11) is 0. The van der Waals surface area contributed by atoms with E-state index in [0.717, 1.165) is 0 Å². The first kappa shape index (κ1) is 21.5. The Balaban J connectivity index is 0. The first-order chi connectivity index (χ1) is 9.76. The zero-order valence-corrected chi connectivity index (χ0v) is 11.6. The molecule has 0 aromatic heterocycles. The fraction of sp³-hybridized carbons (Fsp3) is 0.667. The maximum Gasteiger partial charge on any atom is 0.0967 e. The summed E-state index contributed by atoms with van der Waals surface area (Å²) in [6.07, 6.45) is 3.42. The van der Waals surface area contributed by atoms with Crippen molar-refractivity contribution in [1.82, 2.24) is 5.39 Å². The molecule has 0 bridgehead atoms. The van der Waals surface area contributed by atoms with E-state index in [-0.39, 0.29) is 39.6 Å².